The summed E-state index contributed by atoms with van der Waals surface area (Å²) in [6.45, 7) is 3.54. The van der Waals surface area contributed by atoms with Crippen molar-refractivity contribution in [2.75, 3.05) is 26.2 Å². The standard InChI is InChI=1S/C26H32N2O3/c29-25(27-15-6-1-2-7-16-27)22-13-17-28(18-14-22)26(30)23-11-8-12-24(19-23)31-20-21-9-4-3-5-10-21/h3-5,8-12,19,22H,1-2,6-7,13-18,20H2. The van der Waals surface area contributed by atoms with E-state index in [1.54, 1.807) is 0 Å². The zero-order valence-electron chi connectivity index (χ0n) is 18.2. The third-order valence-electron chi connectivity index (χ3n) is 6.38. The Kier molecular flexibility index (Phi) is 7.23. The van der Waals surface area contributed by atoms with Crippen molar-refractivity contribution in [1.82, 2.24) is 9.80 Å². The highest BCUT2D eigenvalue weighted by atomic mass is 16.5. The second-order valence-electron chi connectivity index (χ2n) is 8.61. The molecule has 0 N–H and O–H groups in total. The van der Waals surface area contributed by atoms with Crippen LogP contribution in [0.2, 0.25) is 0 Å². The van der Waals surface area contributed by atoms with Crippen molar-refractivity contribution in [2.24, 2.45) is 5.92 Å². The molecule has 0 bridgehead atoms. The van der Waals surface area contributed by atoms with Crippen LogP contribution in [0, 0.1) is 5.92 Å². The molecule has 2 amide bonds. The minimum absolute atomic E-state index is 0.0193. The number of hydrogen-bond acceptors (Lipinski definition) is 3. The maximum atomic E-state index is 13.0. The fraction of sp³-hybridized carbons (Fsp3) is 0.462. The number of benzene rings is 2. The molecule has 2 aromatic carbocycles. The van der Waals surface area contributed by atoms with Crippen LogP contribution in [0.1, 0.15) is 54.4 Å². The average Bonchev–Trinajstić information content (AvgIpc) is 3.12. The minimum Gasteiger partial charge on any atom is -0.489 e. The lowest BCUT2D eigenvalue weighted by Gasteiger charge is -2.34. The van der Waals surface area contributed by atoms with E-state index in [4.69, 9.17) is 4.74 Å². The molecule has 0 atom stereocenters. The van der Waals surface area contributed by atoms with Crippen molar-refractivity contribution in [3.63, 3.8) is 0 Å². The van der Waals surface area contributed by atoms with Gasteiger partial charge in [0, 0.05) is 37.7 Å². The Hall–Kier alpha value is -2.82. The van der Waals surface area contributed by atoms with Gasteiger partial charge < -0.3 is 14.5 Å². The van der Waals surface area contributed by atoms with Gasteiger partial charge in [-0.05, 0) is 49.4 Å². The molecule has 0 spiro atoms. The summed E-state index contributed by atoms with van der Waals surface area (Å²) >= 11 is 0. The summed E-state index contributed by atoms with van der Waals surface area (Å²) in [6, 6.07) is 17.4. The number of amides is 2. The zero-order chi connectivity index (χ0) is 21.5. The molecule has 5 nitrogen and oxygen atoms in total. The molecule has 0 aliphatic carbocycles. The van der Waals surface area contributed by atoms with Crippen LogP contribution in [0.4, 0.5) is 0 Å². The summed E-state index contributed by atoms with van der Waals surface area (Å²) in [5.74, 6) is 1.07. The molecular formula is C26H32N2O3. The van der Waals surface area contributed by atoms with E-state index in [2.05, 4.69) is 4.90 Å². The van der Waals surface area contributed by atoms with Gasteiger partial charge in [-0.1, -0.05) is 49.2 Å². The summed E-state index contributed by atoms with van der Waals surface area (Å²) in [7, 11) is 0. The molecule has 164 valence electrons. The van der Waals surface area contributed by atoms with Crippen LogP contribution < -0.4 is 4.74 Å². The monoisotopic (exact) mass is 420 g/mol. The highest BCUT2D eigenvalue weighted by molar-refractivity contribution is 5.94. The number of rotatable bonds is 5. The quantitative estimate of drug-likeness (QED) is 0.715. The largest absolute Gasteiger partial charge is 0.489 e. The van der Waals surface area contributed by atoms with Crippen LogP contribution in [0.3, 0.4) is 0 Å². The second kappa shape index (κ2) is 10.5. The number of hydrogen-bond donors (Lipinski definition) is 0. The van der Waals surface area contributed by atoms with Crippen molar-refractivity contribution in [1.29, 1.82) is 0 Å². The molecule has 4 rings (SSSR count). The molecule has 31 heavy (non-hydrogen) atoms. The smallest absolute Gasteiger partial charge is 0.253 e. The van der Waals surface area contributed by atoms with E-state index in [9.17, 15) is 9.59 Å². The van der Waals surface area contributed by atoms with Gasteiger partial charge in [-0.25, -0.2) is 0 Å². The first kappa shape index (κ1) is 21.4. The van der Waals surface area contributed by atoms with E-state index >= 15 is 0 Å². The Morgan fingerprint density at radius 3 is 2.23 bits per heavy atom. The fourth-order valence-electron chi connectivity index (χ4n) is 4.52. The number of piperidine rings is 1. The lowest BCUT2D eigenvalue weighted by molar-refractivity contribution is -0.136. The normalized spacial score (nSPS) is 17.8. The van der Waals surface area contributed by atoms with Gasteiger partial charge in [0.1, 0.15) is 12.4 Å². The summed E-state index contributed by atoms with van der Waals surface area (Å²) in [6.07, 6.45) is 6.20. The van der Waals surface area contributed by atoms with Gasteiger partial charge in [0.15, 0.2) is 0 Å². The minimum atomic E-state index is 0.0193. The van der Waals surface area contributed by atoms with Crippen LogP contribution in [0.15, 0.2) is 54.6 Å². The number of carbonyl (C=O) groups is 2. The van der Waals surface area contributed by atoms with Crippen molar-refractivity contribution in [2.45, 2.75) is 45.1 Å². The Morgan fingerprint density at radius 2 is 1.52 bits per heavy atom. The second-order valence-corrected chi connectivity index (χ2v) is 8.61. The number of nitrogens with zero attached hydrogens (tertiary/aromatic N) is 2. The Balaban J connectivity index is 1.30. The first-order valence-electron chi connectivity index (χ1n) is 11.6. The number of likely N-dealkylation sites (tertiary alicyclic amines) is 2. The van der Waals surface area contributed by atoms with Gasteiger partial charge in [0.05, 0.1) is 0 Å². The molecule has 2 aromatic rings. The maximum Gasteiger partial charge on any atom is 0.253 e. The van der Waals surface area contributed by atoms with Crippen LogP contribution in [0.5, 0.6) is 5.75 Å². The van der Waals surface area contributed by atoms with E-state index in [0.717, 1.165) is 44.3 Å². The van der Waals surface area contributed by atoms with Crippen molar-refractivity contribution in [3.8, 4) is 5.75 Å². The lowest BCUT2D eigenvalue weighted by atomic mass is 9.94. The number of ether oxygens (including phenoxy) is 1. The molecular weight excluding hydrogens is 388 g/mol. The summed E-state index contributed by atoms with van der Waals surface area (Å²) in [4.78, 5) is 29.9. The highest BCUT2D eigenvalue weighted by Gasteiger charge is 2.30. The highest BCUT2D eigenvalue weighted by Crippen LogP contribution is 2.24. The van der Waals surface area contributed by atoms with Gasteiger partial charge in [0.2, 0.25) is 5.91 Å². The van der Waals surface area contributed by atoms with Crippen molar-refractivity contribution in [3.05, 3.63) is 65.7 Å². The lowest BCUT2D eigenvalue weighted by Crippen LogP contribution is -2.44. The van der Waals surface area contributed by atoms with Crippen LogP contribution >= 0.6 is 0 Å². The Labute approximate surface area is 185 Å². The average molecular weight is 421 g/mol. The molecule has 2 heterocycles. The van der Waals surface area contributed by atoms with Crippen molar-refractivity contribution >= 4 is 11.8 Å². The molecule has 0 radical (unpaired) electrons. The van der Waals surface area contributed by atoms with Crippen LogP contribution in [-0.4, -0.2) is 47.8 Å². The molecule has 2 saturated heterocycles. The van der Waals surface area contributed by atoms with Crippen LogP contribution in [0.25, 0.3) is 0 Å². The molecule has 2 aliphatic heterocycles. The molecule has 2 fully saturated rings. The molecule has 0 aromatic heterocycles. The predicted molar refractivity (Wildman–Crippen MR) is 121 cm³/mol. The van der Waals surface area contributed by atoms with Gasteiger partial charge >= 0.3 is 0 Å². The molecule has 5 heteroatoms. The Morgan fingerprint density at radius 1 is 0.806 bits per heavy atom. The number of carbonyl (C=O) groups excluding carboxylic acids is 2. The van der Waals surface area contributed by atoms with E-state index in [1.165, 1.54) is 12.8 Å². The molecule has 0 unspecified atom stereocenters. The fourth-order valence-corrected chi connectivity index (χ4v) is 4.52. The molecule has 0 saturated carbocycles. The summed E-state index contributed by atoms with van der Waals surface area (Å²) in [5.41, 5.74) is 1.73. The third kappa shape index (κ3) is 5.66. The first-order chi connectivity index (χ1) is 15.2. The van der Waals surface area contributed by atoms with Gasteiger partial charge in [-0.3, -0.25) is 9.59 Å². The van der Waals surface area contributed by atoms with Gasteiger partial charge in [-0.2, -0.15) is 0 Å². The molecule has 2 aliphatic rings. The predicted octanol–water partition coefficient (Wildman–Crippen LogP) is 4.52. The van der Waals surface area contributed by atoms with E-state index < -0.39 is 0 Å². The Bertz CT molecular complexity index is 867. The van der Waals surface area contributed by atoms with Crippen LogP contribution in [-0.2, 0) is 11.4 Å². The zero-order valence-corrected chi connectivity index (χ0v) is 18.2. The third-order valence-corrected chi connectivity index (χ3v) is 6.38. The van der Waals surface area contributed by atoms with E-state index in [1.807, 2.05) is 59.5 Å². The van der Waals surface area contributed by atoms with Gasteiger partial charge in [0.25, 0.3) is 5.91 Å². The summed E-state index contributed by atoms with van der Waals surface area (Å²) < 4.78 is 5.88. The summed E-state index contributed by atoms with van der Waals surface area (Å²) in [5, 5.41) is 0. The SMILES string of the molecule is O=C(c1cccc(OCc2ccccc2)c1)N1CCC(C(=O)N2CCCCCC2)CC1. The van der Waals surface area contributed by atoms with E-state index in [0.29, 0.717) is 36.9 Å². The first-order valence-corrected chi connectivity index (χ1v) is 11.6. The van der Waals surface area contributed by atoms with Gasteiger partial charge in [-0.15, -0.1) is 0 Å². The van der Waals surface area contributed by atoms with Crippen molar-refractivity contribution < 1.29 is 14.3 Å². The van der Waals surface area contributed by atoms with E-state index in [-0.39, 0.29) is 11.8 Å². The maximum absolute atomic E-state index is 13.0. The topological polar surface area (TPSA) is 49.9 Å².